The van der Waals surface area contributed by atoms with Crippen molar-refractivity contribution in [2.24, 2.45) is 35.5 Å². The lowest BCUT2D eigenvalue weighted by Crippen LogP contribution is -2.26. The summed E-state index contributed by atoms with van der Waals surface area (Å²) >= 11 is 0. The van der Waals surface area contributed by atoms with Gasteiger partial charge in [-0.05, 0) is 61.2 Å². The van der Waals surface area contributed by atoms with Crippen LogP contribution in [-0.2, 0) is 0 Å². The zero-order chi connectivity index (χ0) is 11.0. The molecular weight excluding hydrogens is 180 g/mol. The molecule has 0 saturated heterocycles. The van der Waals surface area contributed by atoms with E-state index in [0.717, 1.165) is 35.5 Å². The molecule has 2 bridgehead atoms. The molecular formula is C15H28. The van der Waals surface area contributed by atoms with Gasteiger partial charge in [-0.1, -0.05) is 34.1 Å². The molecule has 2 rings (SSSR count). The Kier molecular flexibility index (Phi) is 3.42. The van der Waals surface area contributed by atoms with Crippen LogP contribution in [0, 0.1) is 35.5 Å². The van der Waals surface area contributed by atoms with Gasteiger partial charge in [-0.2, -0.15) is 0 Å². The Balaban J connectivity index is 1.99. The molecule has 4 unspecified atom stereocenters. The maximum absolute atomic E-state index is 2.44. The Morgan fingerprint density at radius 1 is 1.00 bits per heavy atom. The normalized spacial score (nSPS) is 36.8. The van der Waals surface area contributed by atoms with E-state index in [-0.39, 0.29) is 0 Å². The molecule has 0 N–H and O–H groups in total. The summed E-state index contributed by atoms with van der Waals surface area (Å²) in [6.45, 7) is 9.67. The summed E-state index contributed by atoms with van der Waals surface area (Å²) in [6.07, 6.45) is 7.71. The van der Waals surface area contributed by atoms with Gasteiger partial charge >= 0.3 is 0 Å². The average Bonchev–Trinajstić information content (AvgIpc) is 2.73. The van der Waals surface area contributed by atoms with Crippen molar-refractivity contribution in [3.63, 3.8) is 0 Å². The van der Waals surface area contributed by atoms with Crippen LogP contribution in [0.4, 0.5) is 0 Å². The van der Waals surface area contributed by atoms with Gasteiger partial charge < -0.3 is 0 Å². The van der Waals surface area contributed by atoms with E-state index in [4.69, 9.17) is 0 Å². The first-order chi connectivity index (χ1) is 7.08. The first-order valence-corrected chi connectivity index (χ1v) is 7.08. The standard InChI is InChI=1S/C15H28/c1-10(2)7-14(11(3)4)15-9-12-5-6-13(15)8-12/h10-15H,5-9H2,1-4H3. The minimum Gasteiger partial charge on any atom is -0.0628 e. The molecule has 4 atom stereocenters. The fourth-order valence-corrected chi connectivity index (χ4v) is 4.30. The van der Waals surface area contributed by atoms with Gasteiger partial charge in [-0.15, -0.1) is 0 Å². The summed E-state index contributed by atoms with van der Waals surface area (Å²) in [4.78, 5) is 0. The zero-order valence-corrected chi connectivity index (χ0v) is 11.0. The van der Waals surface area contributed by atoms with E-state index >= 15 is 0 Å². The van der Waals surface area contributed by atoms with Gasteiger partial charge in [0.1, 0.15) is 0 Å². The quantitative estimate of drug-likeness (QED) is 0.626. The molecule has 0 aliphatic heterocycles. The van der Waals surface area contributed by atoms with Crippen LogP contribution in [0.3, 0.4) is 0 Å². The minimum atomic E-state index is 0.886. The Morgan fingerprint density at radius 2 is 1.73 bits per heavy atom. The smallest absolute Gasteiger partial charge is 0.0352 e. The van der Waals surface area contributed by atoms with Gasteiger partial charge in [0, 0.05) is 0 Å². The van der Waals surface area contributed by atoms with E-state index in [0.29, 0.717) is 0 Å². The zero-order valence-electron chi connectivity index (χ0n) is 11.0. The fraction of sp³-hybridized carbons (Fsp3) is 1.00. The molecule has 0 nitrogen and oxygen atoms in total. The van der Waals surface area contributed by atoms with Gasteiger partial charge in [-0.3, -0.25) is 0 Å². The van der Waals surface area contributed by atoms with Crippen molar-refractivity contribution in [2.45, 2.75) is 59.8 Å². The van der Waals surface area contributed by atoms with Crippen LogP contribution in [0.2, 0.25) is 0 Å². The lowest BCUT2D eigenvalue weighted by molar-refractivity contribution is 0.153. The van der Waals surface area contributed by atoms with E-state index in [1.807, 2.05) is 0 Å². The molecule has 0 amide bonds. The molecule has 0 heteroatoms. The average molecular weight is 208 g/mol. The van der Waals surface area contributed by atoms with Crippen LogP contribution in [0.25, 0.3) is 0 Å². The Hall–Kier alpha value is 0. The Morgan fingerprint density at radius 3 is 2.13 bits per heavy atom. The summed E-state index contributed by atoms with van der Waals surface area (Å²) in [5.41, 5.74) is 0. The number of hydrogen-bond donors (Lipinski definition) is 0. The SMILES string of the molecule is CC(C)CC(C(C)C)C1CC2CCC1C2. The maximum Gasteiger partial charge on any atom is -0.0352 e. The minimum absolute atomic E-state index is 0.886. The predicted octanol–water partition coefficient (Wildman–Crippen LogP) is 4.74. The second-order valence-corrected chi connectivity index (χ2v) is 6.88. The number of hydrogen-bond acceptors (Lipinski definition) is 0. The monoisotopic (exact) mass is 208 g/mol. The molecule has 2 aliphatic rings. The van der Waals surface area contributed by atoms with Gasteiger partial charge in [0.25, 0.3) is 0 Å². The third-order valence-corrected chi connectivity index (χ3v) is 4.94. The van der Waals surface area contributed by atoms with E-state index in [1.54, 1.807) is 25.7 Å². The van der Waals surface area contributed by atoms with Crippen molar-refractivity contribution in [2.75, 3.05) is 0 Å². The van der Waals surface area contributed by atoms with Gasteiger partial charge in [-0.25, -0.2) is 0 Å². The van der Waals surface area contributed by atoms with Crippen LogP contribution in [0.15, 0.2) is 0 Å². The summed E-state index contributed by atoms with van der Waals surface area (Å²) < 4.78 is 0. The van der Waals surface area contributed by atoms with E-state index < -0.39 is 0 Å². The predicted molar refractivity (Wildman–Crippen MR) is 66.7 cm³/mol. The molecule has 0 heterocycles. The van der Waals surface area contributed by atoms with Gasteiger partial charge in [0.15, 0.2) is 0 Å². The van der Waals surface area contributed by atoms with Gasteiger partial charge in [0.05, 0.1) is 0 Å². The molecule has 2 saturated carbocycles. The van der Waals surface area contributed by atoms with Crippen molar-refractivity contribution < 1.29 is 0 Å². The topological polar surface area (TPSA) is 0 Å². The molecule has 2 fully saturated rings. The highest BCUT2D eigenvalue weighted by Gasteiger charge is 2.43. The number of fused-ring (bicyclic) bond motifs is 2. The second-order valence-electron chi connectivity index (χ2n) is 6.88. The molecule has 0 spiro atoms. The third kappa shape index (κ3) is 2.40. The van der Waals surface area contributed by atoms with Crippen LogP contribution < -0.4 is 0 Å². The first kappa shape index (κ1) is 11.5. The lowest BCUT2D eigenvalue weighted by Gasteiger charge is -2.34. The summed E-state index contributed by atoms with van der Waals surface area (Å²) in [5.74, 6) is 6.12. The molecule has 88 valence electrons. The number of rotatable bonds is 4. The molecule has 2 aliphatic carbocycles. The molecule has 0 aromatic carbocycles. The maximum atomic E-state index is 2.44. The highest BCUT2D eigenvalue weighted by Crippen LogP contribution is 2.53. The fourth-order valence-electron chi connectivity index (χ4n) is 4.30. The van der Waals surface area contributed by atoms with Crippen molar-refractivity contribution in [3.8, 4) is 0 Å². The van der Waals surface area contributed by atoms with Crippen LogP contribution in [-0.4, -0.2) is 0 Å². The highest BCUT2D eigenvalue weighted by molar-refractivity contribution is 4.93. The Bertz CT molecular complexity index is 204. The van der Waals surface area contributed by atoms with Gasteiger partial charge in [0.2, 0.25) is 0 Å². The van der Waals surface area contributed by atoms with E-state index in [9.17, 15) is 0 Å². The van der Waals surface area contributed by atoms with Crippen LogP contribution in [0.1, 0.15) is 59.8 Å². The van der Waals surface area contributed by atoms with Crippen LogP contribution >= 0.6 is 0 Å². The highest BCUT2D eigenvalue weighted by atomic mass is 14.5. The molecule has 15 heavy (non-hydrogen) atoms. The largest absolute Gasteiger partial charge is 0.0628 e. The van der Waals surface area contributed by atoms with Crippen molar-refractivity contribution >= 4 is 0 Å². The lowest BCUT2D eigenvalue weighted by atomic mass is 9.71. The van der Waals surface area contributed by atoms with Crippen LogP contribution in [0.5, 0.6) is 0 Å². The molecule has 0 aromatic rings. The molecule has 0 aromatic heterocycles. The van der Waals surface area contributed by atoms with E-state index in [1.165, 1.54) is 6.42 Å². The second kappa shape index (κ2) is 4.47. The Labute approximate surface area is 95.8 Å². The summed E-state index contributed by atoms with van der Waals surface area (Å²) in [6, 6.07) is 0. The first-order valence-electron chi connectivity index (χ1n) is 7.08. The summed E-state index contributed by atoms with van der Waals surface area (Å²) in [7, 11) is 0. The summed E-state index contributed by atoms with van der Waals surface area (Å²) in [5, 5.41) is 0. The van der Waals surface area contributed by atoms with E-state index in [2.05, 4.69) is 27.7 Å². The molecule has 0 radical (unpaired) electrons. The van der Waals surface area contributed by atoms with Crippen molar-refractivity contribution in [3.05, 3.63) is 0 Å². The third-order valence-electron chi connectivity index (χ3n) is 4.94. The van der Waals surface area contributed by atoms with Crippen molar-refractivity contribution in [1.82, 2.24) is 0 Å². The van der Waals surface area contributed by atoms with Crippen molar-refractivity contribution in [1.29, 1.82) is 0 Å².